The minimum absolute atomic E-state index is 0.0463. The van der Waals surface area contributed by atoms with Crippen LogP contribution in [0.5, 0.6) is 0 Å². The lowest BCUT2D eigenvalue weighted by Crippen LogP contribution is -2.42. The number of aliphatic carboxylic acids is 1. The molecule has 2 amide bonds. The van der Waals surface area contributed by atoms with E-state index in [1.165, 1.54) is 0 Å². The van der Waals surface area contributed by atoms with E-state index >= 15 is 0 Å². The fourth-order valence-corrected chi connectivity index (χ4v) is 2.62. The van der Waals surface area contributed by atoms with Crippen molar-refractivity contribution >= 4 is 23.5 Å². The number of hydrogen-bond acceptors (Lipinski definition) is 3. The molecule has 1 fully saturated rings. The summed E-state index contributed by atoms with van der Waals surface area (Å²) in [7, 11) is 0. The van der Waals surface area contributed by atoms with Gasteiger partial charge in [0.25, 0.3) is 5.91 Å². The minimum Gasteiger partial charge on any atom is -0.480 e. The zero-order valence-corrected chi connectivity index (χ0v) is 14.1. The molecule has 0 unspecified atom stereocenters. The van der Waals surface area contributed by atoms with E-state index in [1.807, 2.05) is 30.3 Å². The molecular formula is C20H20N2O4. The molecular weight excluding hydrogens is 332 g/mol. The summed E-state index contributed by atoms with van der Waals surface area (Å²) in [6.45, 7) is 0. The van der Waals surface area contributed by atoms with Gasteiger partial charge in [-0.1, -0.05) is 36.4 Å². The highest BCUT2D eigenvalue weighted by Crippen LogP contribution is 2.30. The normalized spacial score (nSPS) is 14.3. The fourth-order valence-electron chi connectivity index (χ4n) is 2.62. The third-order valence-corrected chi connectivity index (χ3v) is 4.23. The highest BCUT2D eigenvalue weighted by molar-refractivity contribution is 5.99. The lowest BCUT2D eigenvalue weighted by Gasteiger charge is -2.15. The Morgan fingerprint density at radius 2 is 1.77 bits per heavy atom. The Bertz CT molecular complexity index is 816. The van der Waals surface area contributed by atoms with Crippen LogP contribution in [0.15, 0.2) is 54.6 Å². The lowest BCUT2D eigenvalue weighted by atomic mass is 10.1. The van der Waals surface area contributed by atoms with Gasteiger partial charge < -0.3 is 15.7 Å². The monoisotopic (exact) mass is 352 g/mol. The van der Waals surface area contributed by atoms with Crippen LogP contribution in [-0.2, 0) is 16.0 Å². The van der Waals surface area contributed by atoms with Crippen LogP contribution in [-0.4, -0.2) is 28.9 Å². The maximum Gasteiger partial charge on any atom is 0.326 e. The van der Waals surface area contributed by atoms with Crippen molar-refractivity contribution in [3.05, 3.63) is 65.7 Å². The summed E-state index contributed by atoms with van der Waals surface area (Å²) >= 11 is 0. The van der Waals surface area contributed by atoms with Crippen LogP contribution >= 0.6 is 0 Å². The van der Waals surface area contributed by atoms with E-state index in [2.05, 4.69) is 10.6 Å². The van der Waals surface area contributed by atoms with Crippen LogP contribution in [0.1, 0.15) is 28.8 Å². The second-order valence-electron chi connectivity index (χ2n) is 6.40. The Morgan fingerprint density at radius 3 is 2.42 bits per heavy atom. The molecule has 0 spiro atoms. The first-order valence-electron chi connectivity index (χ1n) is 8.51. The molecule has 0 aliphatic heterocycles. The van der Waals surface area contributed by atoms with Gasteiger partial charge in [-0.3, -0.25) is 9.59 Å². The first-order chi connectivity index (χ1) is 12.5. The molecule has 1 saturated carbocycles. The first kappa shape index (κ1) is 17.7. The van der Waals surface area contributed by atoms with Gasteiger partial charge in [0.2, 0.25) is 5.91 Å². The van der Waals surface area contributed by atoms with Crippen molar-refractivity contribution < 1.29 is 19.5 Å². The molecule has 0 heterocycles. The number of amides is 2. The second kappa shape index (κ2) is 7.82. The van der Waals surface area contributed by atoms with Gasteiger partial charge in [0.05, 0.1) is 0 Å². The molecule has 1 aliphatic rings. The van der Waals surface area contributed by atoms with Gasteiger partial charge >= 0.3 is 5.97 Å². The van der Waals surface area contributed by atoms with E-state index in [4.69, 9.17) is 0 Å². The van der Waals surface area contributed by atoms with E-state index < -0.39 is 17.9 Å². The molecule has 2 aromatic rings. The van der Waals surface area contributed by atoms with Crippen LogP contribution in [0.3, 0.4) is 0 Å². The van der Waals surface area contributed by atoms with Gasteiger partial charge in [-0.15, -0.1) is 0 Å². The minimum atomic E-state index is -1.10. The van der Waals surface area contributed by atoms with Gasteiger partial charge in [0.15, 0.2) is 0 Å². The molecule has 1 aliphatic carbocycles. The summed E-state index contributed by atoms with van der Waals surface area (Å²) in [5.74, 6) is -1.57. The van der Waals surface area contributed by atoms with Gasteiger partial charge in [-0.05, 0) is 36.6 Å². The predicted octanol–water partition coefficient (Wildman–Crippen LogP) is 2.46. The SMILES string of the molecule is O=C(N[C@@H](Cc1ccccc1)C(=O)O)c1cccc(NC(=O)C2CC2)c1. The van der Waals surface area contributed by atoms with Crippen molar-refractivity contribution in [2.24, 2.45) is 5.92 Å². The zero-order valence-electron chi connectivity index (χ0n) is 14.1. The molecule has 0 radical (unpaired) electrons. The van der Waals surface area contributed by atoms with Crippen molar-refractivity contribution in [1.82, 2.24) is 5.32 Å². The Kier molecular flexibility index (Phi) is 5.31. The number of carboxylic acid groups (broad SMARTS) is 1. The van der Waals surface area contributed by atoms with Crippen molar-refractivity contribution in [1.29, 1.82) is 0 Å². The van der Waals surface area contributed by atoms with Crippen molar-refractivity contribution in [2.75, 3.05) is 5.32 Å². The summed E-state index contributed by atoms with van der Waals surface area (Å²) in [4.78, 5) is 35.8. The van der Waals surface area contributed by atoms with Crippen LogP contribution < -0.4 is 10.6 Å². The molecule has 26 heavy (non-hydrogen) atoms. The van der Waals surface area contributed by atoms with Gasteiger partial charge in [0.1, 0.15) is 6.04 Å². The molecule has 3 N–H and O–H groups in total. The molecule has 0 aromatic heterocycles. The van der Waals surface area contributed by atoms with Crippen molar-refractivity contribution in [2.45, 2.75) is 25.3 Å². The topological polar surface area (TPSA) is 95.5 Å². The molecule has 6 heteroatoms. The number of carbonyl (C=O) groups is 3. The van der Waals surface area contributed by atoms with E-state index in [0.29, 0.717) is 11.3 Å². The lowest BCUT2D eigenvalue weighted by molar-refractivity contribution is -0.139. The number of nitrogens with one attached hydrogen (secondary N) is 2. The third kappa shape index (κ3) is 4.69. The summed E-state index contributed by atoms with van der Waals surface area (Å²) in [5.41, 5.74) is 1.66. The zero-order chi connectivity index (χ0) is 18.5. The predicted molar refractivity (Wildman–Crippen MR) is 96.8 cm³/mol. The molecule has 2 aromatic carbocycles. The largest absolute Gasteiger partial charge is 0.480 e. The Balaban J connectivity index is 1.67. The van der Waals surface area contributed by atoms with Gasteiger partial charge in [-0.2, -0.15) is 0 Å². The Morgan fingerprint density at radius 1 is 1.04 bits per heavy atom. The smallest absolute Gasteiger partial charge is 0.326 e. The number of hydrogen-bond donors (Lipinski definition) is 3. The van der Waals surface area contributed by atoms with Crippen molar-refractivity contribution in [3.63, 3.8) is 0 Å². The standard InChI is InChI=1S/C20H20N2O4/c23-18(14-9-10-14)21-16-8-4-7-15(12-16)19(24)22-17(20(25)26)11-13-5-2-1-3-6-13/h1-8,12,14,17H,9-11H2,(H,21,23)(H,22,24)(H,25,26)/t17-/m0/s1. The summed E-state index contributed by atoms with van der Waals surface area (Å²) in [5, 5.41) is 14.7. The van der Waals surface area contributed by atoms with Crippen LogP contribution in [0.25, 0.3) is 0 Å². The molecule has 0 saturated heterocycles. The Labute approximate surface area is 151 Å². The van der Waals surface area contributed by atoms with Gasteiger partial charge in [0, 0.05) is 23.6 Å². The van der Waals surface area contributed by atoms with Crippen LogP contribution in [0, 0.1) is 5.92 Å². The highest BCUT2D eigenvalue weighted by Gasteiger charge is 2.29. The number of carboxylic acids is 1. The first-order valence-corrected chi connectivity index (χ1v) is 8.51. The molecule has 134 valence electrons. The van der Waals surface area contributed by atoms with E-state index in [9.17, 15) is 19.5 Å². The van der Waals surface area contributed by atoms with Crippen LogP contribution in [0.4, 0.5) is 5.69 Å². The summed E-state index contributed by atoms with van der Waals surface area (Å²) < 4.78 is 0. The average molecular weight is 352 g/mol. The van der Waals surface area contributed by atoms with E-state index in [0.717, 1.165) is 18.4 Å². The third-order valence-electron chi connectivity index (χ3n) is 4.23. The maximum absolute atomic E-state index is 12.4. The van der Waals surface area contributed by atoms with E-state index in [-0.39, 0.29) is 18.2 Å². The van der Waals surface area contributed by atoms with Gasteiger partial charge in [-0.25, -0.2) is 4.79 Å². The second-order valence-corrected chi connectivity index (χ2v) is 6.40. The summed E-state index contributed by atoms with van der Waals surface area (Å²) in [6.07, 6.45) is 1.98. The molecule has 3 rings (SSSR count). The van der Waals surface area contributed by atoms with E-state index in [1.54, 1.807) is 24.3 Å². The fraction of sp³-hybridized carbons (Fsp3) is 0.250. The average Bonchev–Trinajstić information content (AvgIpc) is 3.47. The quantitative estimate of drug-likeness (QED) is 0.713. The highest BCUT2D eigenvalue weighted by atomic mass is 16.4. The molecule has 0 bridgehead atoms. The molecule has 1 atom stereocenters. The molecule has 6 nitrogen and oxygen atoms in total. The summed E-state index contributed by atoms with van der Waals surface area (Å²) in [6, 6.07) is 14.6. The number of benzene rings is 2. The number of carbonyl (C=O) groups excluding carboxylic acids is 2. The Hall–Kier alpha value is -3.15. The van der Waals surface area contributed by atoms with Crippen LogP contribution in [0.2, 0.25) is 0 Å². The number of anilines is 1. The van der Waals surface area contributed by atoms with Crippen molar-refractivity contribution in [3.8, 4) is 0 Å². The maximum atomic E-state index is 12.4. The number of rotatable bonds is 7.